The molecule has 0 unspecified atom stereocenters. The number of carbonyl (C=O) groups excluding carboxylic acids is 10. The Kier molecular flexibility index (Phi) is 38.7. The Balaban J connectivity index is 1.34. The number of nitrogens with one attached hydrogen (secondary N) is 17. The van der Waals surface area contributed by atoms with Crippen LogP contribution in [0.2, 0.25) is 0 Å². The Morgan fingerprint density at radius 1 is 0.333 bits per heavy atom. The predicted molar refractivity (Wildman–Crippen MR) is 420 cm³/mol. The number of benzene rings is 5. The van der Waals surface area contributed by atoms with E-state index in [9.17, 15) is 36.7 Å². The Morgan fingerprint density at radius 3 is 1.02 bits per heavy atom. The minimum absolute atomic E-state index is 0.00116. The zero-order chi connectivity index (χ0) is 82.9. The van der Waals surface area contributed by atoms with Gasteiger partial charge in [0.1, 0.15) is 48.3 Å². The van der Waals surface area contributed by atoms with Crippen molar-refractivity contribution in [2.75, 3.05) is 32.7 Å². The number of hydrogen-bond donors (Lipinski definition) is 21. The van der Waals surface area contributed by atoms with Gasteiger partial charge in [-0.05, 0) is 98.1 Å². The molecule has 36 heteroatoms. The fourth-order valence-electron chi connectivity index (χ4n) is 12.6. The lowest BCUT2D eigenvalue weighted by atomic mass is 9.99. The third-order valence-electron chi connectivity index (χ3n) is 18.7. The molecule has 0 saturated carbocycles. The zero-order valence-electron chi connectivity index (χ0n) is 63.6. The van der Waals surface area contributed by atoms with Crippen molar-refractivity contribution in [1.29, 1.82) is 21.6 Å². The highest BCUT2D eigenvalue weighted by atomic mass is 19.2. The van der Waals surface area contributed by atoms with Crippen molar-refractivity contribution in [3.05, 3.63) is 149 Å². The summed E-state index contributed by atoms with van der Waals surface area (Å²) in [4.78, 5) is 147. The minimum Gasteiger partial charge on any atom is -0.420 e. The standard InChI is InChI=1S/C78H107F4N21O11/c79-52-46-53(80)65(82)66(64(52)81)114-63(105)32-14-6-4-2-1-3-5-7-17-37-91-62(104)36-35-58-71(110)101-59(43-47-22-10-8-11-23-47)73(112)102-60(44-48-24-12-9-13-25-48)74(113)103-61(45-49-33-34-50-26-15-16-27-51(50)42-49)72(111)99-57(31-21-41-95-78(89)90)69(108)97-55(29-19-39-93-76(85)86)67(106)96-54(28-18-38-92-75(83)84)68(107)98-56(70(109)100-58)30-20-40-94-77(87)88/h8-13,15-16,22-27,33-34,42,46,54-61H,1-7,14,17-21,28-32,35-41,43-45H2,(H,91,104)(H,96,106)(H,97,108)(H,98,107)(H,99,111)(H,100,109)(H,101,110)(H,102,112)(H,103,113)(H4,83,84,92)(H4,85,86,93)(H4,87,88,94)(H4,89,90,95)/t54-,55+,56+,57-,58-,59-,60+,61-/m0/s1. The molecule has 5 aromatic rings. The molecule has 0 bridgehead atoms. The maximum absolute atomic E-state index is 15.4. The minimum atomic E-state index is -1.81. The lowest BCUT2D eigenvalue weighted by Crippen LogP contribution is -2.62. The monoisotopic (exact) mass is 1590 g/mol. The van der Waals surface area contributed by atoms with E-state index in [1.165, 1.54) is 0 Å². The quantitative estimate of drug-likeness (QED) is 0.00514. The highest BCUT2D eigenvalue weighted by Crippen LogP contribution is 2.27. The van der Waals surface area contributed by atoms with E-state index in [2.05, 4.69) is 73.9 Å². The van der Waals surface area contributed by atoms with Gasteiger partial charge in [0.05, 0.1) is 0 Å². The van der Waals surface area contributed by atoms with E-state index in [0.29, 0.717) is 48.8 Å². The number of unbranched alkanes of at least 4 members (excludes halogenated alkanes) is 8. The fourth-order valence-corrected chi connectivity index (χ4v) is 12.6. The van der Waals surface area contributed by atoms with E-state index >= 15 is 28.8 Å². The van der Waals surface area contributed by atoms with Gasteiger partial charge in [-0.1, -0.05) is 148 Å². The van der Waals surface area contributed by atoms with E-state index < -0.39 is 161 Å². The number of halogens is 4. The van der Waals surface area contributed by atoms with E-state index in [-0.39, 0.29) is 128 Å². The van der Waals surface area contributed by atoms with Crippen LogP contribution in [0.3, 0.4) is 0 Å². The Morgan fingerprint density at radius 2 is 0.640 bits per heavy atom. The van der Waals surface area contributed by atoms with E-state index in [1.807, 2.05) is 36.4 Å². The number of fused-ring (bicyclic) bond motifs is 1. The number of carbonyl (C=O) groups is 10. The molecule has 8 atom stereocenters. The molecular formula is C78H107F4N21O11. The fraction of sp³-hybridized carbons (Fsp3) is 0.462. The number of amides is 9. The van der Waals surface area contributed by atoms with Crippen molar-refractivity contribution in [3.63, 3.8) is 0 Å². The highest BCUT2D eigenvalue weighted by molar-refractivity contribution is 5.99. The third kappa shape index (κ3) is 33.0. The van der Waals surface area contributed by atoms with Crippen LogP contribution in [0.4, 0.5) is 17.6 Å². The second kappa shape index (κ2) is 48.6. The maximum Gasteiger partial charge on any atom is 0.311 e. The van der Waals surface area contributed by atoms with Gasteiger partial charge in [-0.25, -0.2) is 8.78 Å². The largest absolute Gasteiger partial charge is 0.420 e. The van der Waals surface area contributed by atoms with Gasteiger partial charge in [-0.15, -0.1) is 0 Å². The summed E-state index contributed by atoms with van der Waals surface area (Å²) in [5.74, 6) is -19.0. The van der Waals surface area contributed by atoms with Gasteiger partial charge < -0.3 is 96.8 Å². The lowest BCUT2D eigenvalue weighted by Gasteiger charge is -2.29. The molecule has 5 aromatic carbocycles. The van der Waals surface area contributed by atoms with E-state index in [0.717, 1.165) is 36.5 Å². The topological polar surface area (TPSA) is 536 Å². The molecular weight excluding hydrogens is 1480 g/mol. The van der Waals surface area contributed by atoms with Crippen LogP contribution in [0.1, 0.15) is 145 Å². The van der Waals surface area contributed by atoms with Gasteiger partial charge in [0.2, 0.25) is 70.5 Å². The normalized spacial score (nSPS) is 18.8. The van der Waals surface area contributed by atoms with Crippen molar-refractivity contribution in [2.45, 2.75) is 196 Å². The maximum atomic E-state index is 15.4. The van der Waals surface area contributed by atoms with Gasteiger partial charge in [-0.2, -0.15) is 8.78 Å². The summed E-state index contributed by atoms with van der Waals surface area (Å²) in [7, 11) is 0. The van der Waals surface area contributed by atoms with E-state index in [4.69, 9.17) is 44.6 Å². The number of nitrogens with two attached hydrogens (primary N) is 4. The molecule has 0 aliphatic carbocycles. The summed E-state index contributed by atoms with van der Waals surface area (Å²) in [6.45, 7) is 0.296. The first-order chi connectivity index (χ1) is 54.6. The molecule has 0 radical (unpaired) electrons. The first-order valence-electron chi connectivity index (χ1n) is 38.2. The van der Waals surface area contributed by atoms with Crippen LogP contribution in [0.15, 0.2) is 109 Å². The molecule has 1 fully saturated rings. The zero-order valence-corrected chi connectivity index (χ0v) is 63.6. The Hall–Kier alpha value is -12.1. The third-order valence-corrected chi connectivity index (χ3v) is 18.7. The smallest absolute Gasteiger partial charge is 0.311 e. The average molecular weight is 1590 g/mol. The van der Waals surface area contributed by atoms with Crippen LogP contribution >= 0.6 is 0 Å². The van der Waals surface area contributed by atoms with Crippen molar-refractivity contribution < 1.29 is 70.2 Å². The van der Waals surface area contributed by atoms with Gasteiger partial charge in [0, 0.05) is 70.9 Å². The predicted octanol–water partition coefficient (Wildman–Crippen LogP) is 2.77. The summed E-state index contributed by atoms with van der Waals surface area (Å²) >= 11 is 0. The molecule has 1 aliphatic rings. The van der Waals surface area contributed by atoms with Crippen molar-refractivity contribution in [3.8, 4) is 5.75 Å². The SMILES string of the molecule is N=C(N)NCCC[C@@H]1NC(=O)[C@H](Cc2ccc3ccccc3c2)NC(=O)[C@@H](Cc2ccccc2)NC(=O)[C@H](Cc2ccccc2)NC(=O)[C@H](CCC(=O)NCCCCCCCCCCCC(=O)Oc2c(F)c(F)cc(F)c2F)NC(=O)[C@@H](CCCNC(=N)N)NC(=O)[C@H](CCCNC(=N)N)NC(=O)[C@@H](CCCNC(=N)N)NC1=O. The summed E-state index contributed by atoms with van der Waals surface area (Å²) in [6, 6.07) is 17.7. The van der Waals surface area contributed by atoms with Crippen molar-refractivity contribution >= 4 is 93.7 Å². The molecule has 1 heterocycles. The molecule has 1 saturated heterocycles. The summed E-state index contributed by atoms with van der Waals surface area (Å²) in [5, 5.41) is 68.4. The molecule has 6 rings (SSSR count). The lowest BCUT2D eigenvalue weighted by molar-refractivity contribution is -0.137. The summed E-state index contributed by atoms with van der Waals surface area (Å²) in [5.41, 5.74) is 24.1. The first kappa shape index (κ1) is 90.7. The molecule has 618 valence electrons. The van der Waals surface area contributed by atoms with Crippen LogP contribution < -0.4 is 96.8 Å². The average Bonchev–Trinajstić information content (AvgIpc) is 0.822. The summed E-state index contributed by atoms with van der Waals surface area (Å²) in [6.07, 6.45) is 4.02. The van der Waals surface area contributed by atoms with Crippen LogP contribution in [-0.2, 0) is 67.2 Å². The van der Waals surface area contributed by atoms with Gasteiger partial charge in [0.25, 0.3) is 0 Å². The summed E-state index contributed by atoms with van der Waals surface area (Å²) < 4.78 is 59.7. The van der Waals surface area contributed by atoms with Crippen LogP contribution in [0.25, 0.3) is 10.8 Å². The molecule has 114 heavy (non-hydrogen) atoms. The van der Waals surface area contributed by atoms with E-state index in [1.54, 1.807) is 66.7 Å². The number of guanidine groups is 4. The Labute approximate surface area is 658 Å². The molecule has 9 amide bonds. The van der Waals surface area contributed by atoms with Gasteiger partial charge in [0.15, 0.2) is 35.5 Å². The molecule has 0 aromatic heterocycles. The van der Waals surface area contributed by atoms with Crippen LogP contribution in [-0.4, -0.2) is 164 Å². The number of rotatable bonds is 38. The number of ether oxygens (including phenoxy) is 1. The van der Waals surface area contributed by atoms with Crippen LogP contribution in [0, 0.1) is 44.9 Å². The van der Waals surface area contributed by atoms with Crippen LogP contribution in [0.5, 0.6) is 5.75 Å². The van der Waals surface area contributed by atoms with Crippen molar-refractivity contribution in [2.24, 2.45) is 22.9 Å². The molecule has 25 N–H and O–H groups in total. The molecule has 32 nitrogen and oxygen atoms in total. The van der Waals surface area contributed by atoms with Gasteiger partial charge >= 0.3 is 5.97 Å². The second-order valence-corrected chi connectivity index (χ2v) is 27.8. The first-order valence-corrected chi connectivity index (χ1v) is 38.2. The Bertz CT molecular complexity index is 4070. The van der Waals surface area contributed by atoms with Crippen molar-refractivity contribution in [1.82, 2.24) is 69.1 Å². The highest BCUT2D eigenvalue weighted by Gasteiger charge is 2.37. The molecule has 1 aliphatic heterocycles. The van der Waals surface area contributed by atoms with Gasteiger partial charge in [-0.3, -0.25) is 69.6 Å². The molecule has 0 spiro atoms. The number of hydrogen-bond acceptors (Lipinski definition) is 15. The number of esters is 1. The second-order valence-electron chi connectivity index (χ2n) is 27.8.